The van der Waals surface area contributed by atoms with E-state index in [2.05, 4.69) is 10.1 Å². The van der Waals surface area contributed by atoms with Gasteiger partial charge in [0.25, 0.3) is 0 Å². The first kappa shape index (κ1) is 11.1. The Hall–Kier alpha value is 0.140. The molecule has 66 valence electrons. The molecule has 0 aromatic rings. The average Bonchev–Trinajstić information content (AvgIpc) is 1.87. The van der Waals surface area contributed by atoms with Gasteiger partial charge in [0, 0.05) is 0 Å². The summed E-state index contributed by atoms with van der Waals surface area (Å²) < 4.78 is 4.51. The van der Waals surface area contributed by atoms with Crippen LogP contribution in [0.15, 0.2) is 0 Å². The minimum absolute atomic E-state index is 0.282. The molecule has 0 saturated heterocycles. The van der Waals surface area contributed by atoms with Crippen molar-refractivity contribution in [1.29, 1.82) is 0 Å². The van der Waals surface area contributed by atoms with E-state index in [0.717, 1.165) is 0 Å². The monoisotopic (exact) mass is 219 g/mol. The molecule has 0 bridgehead atoms. The zero-order valence-corrected chi connectivity index (χ0v) is 8.08. The smallest absolute Gasteiger partial charge is 0.408 e. The van der Waals surface area contributed by atoms with Gasteiger partial charge in [-0.2, -0.15) is 0 Å². The lowest BCUT2D eigenvalue weighted by atomic mass is 10.7. The van der Waals surface area contributed by atoms with E-state index in [0.29, 0.717) is 0 Å². The first-order chi connectivity index (χ1) is 5.07. The standard InChI is InChI=1S/C5H8Cl3NO2/c1-2-11-5(10)9-4(8)3(6)7/h3-4H,2H2,1H3,(H,9,10). The molecule has 0 spiro atoms. The van der Waals surface area contributed by atoms with Crippen LogP contribution in [-0.2, 0) is 4.74 Å². The van der Waals surface area contributed by atoms with Crippen molar-refractivity contribution in [3.8, 4) is 0 Å². The highest BCUT2D eigenvalue weighted by Gasteiger charge is 2.16. The molecule has 0 radical (unpaired) electrons. The van der Waals surface area contributed by atoms with Crippen LogP contribution in [0.5, 0.6) is 0 Å². The second kappa shape index (κ2) is 5.75. The highest BCUT2D eigenvalue weighted by atomic mass is 35.5. The molecule has 0 aliphatic carbocycles. The summed E-state index contributed by atoms with van der Waals surface area (Å²) >= 11 is 16.1. The first-order valence-electron chi connectivity index (χ1n) is 2.93. The molecule has 0 saturated carbocycles. The normalized spacial score (nSPS) is 12.8. The molecule has 1 N–H and O–H groups in total. The van der Waals surface area contributed by atoms with Crippen molar-refractivity contribution in [2.75, 3.05) is 6.61 Å². The van der Waals surface area contributed by atoms with Gasteiger partial charge >= 0.3 is 6.09 Å². The fraction of sp³-hybridized carbons (Fsp3) is 0.800. The number of amides is 1. The number of hydrogen-bond donors (Lipinski definition) is 1. The molecule has 3 nitrogen and oxygen atoms in total. The molecule has 0 aliphatic rings. The van der Waals surface area contributed by atoms with E-state index in [9.17, 15) is 4.79 Å². The van der Waals surface area contributed by atoms with Crippen LogP contribution in [0.3, 0.4) is 0 Å². The van der Waals surface area contributed by atoms with Crippen LogP contribution < -0.4 is 5.32 Å². The zero-order chi connectivity index (χ0) is 8.85. The Bertz CT molecular complexity index is 131. The lowest BCUT2D eigenvalue weighted by Gasteiger charge is -2.11. The second-order valence-electron chi connectivity index (χ2n) is 1.60. The number of ether oxygens (including phenoxy) is 1. The highest BCUT2D eigenvalue weighted by molar-refractivity contribution is 6.48. The number of carbonyl (C=O) groups excluding carboxylic acids is 1. The van der Waals surface area contributed by atoms with Crippen molar-refractivity contribution >= 4 is 40.9 Å². The van der Waals surface area contributed by atoms with Gasteiger partial charge in [0.1, 0.15) is 10.3 Å². The van der Waals surface area contributed by atoms with Gasteiger partial charge in [0.15, 0.2) is 0 Å². The molecule has 11 heavy (non-hydrogen) atoms. The molecule has 0 aliphatic heterocycles. The summed E-state index contributed by atoms with van der Waals surface area (Å²) in [5, 5.41) is 2.22. The lowest BCUT2D eigenvalue weighted by molar-refractivity contribution is 0.151. The van der Waals surface area contributed by atoms with Gasteiger partial charge in [-0.05, 0) is 6.92 Å². The Morgan fingerprint density at radius 2 is 2.09 bits per heavy atom. The third-order valence-electron chi connectivity index (χ3n) is 0.752. The van der Waals surface area contributed by atoms with Crippen molar-refractivity contribution in [3.63, 3.8) is 0 Å². The van der Waals surface area contributed by atoms with E-state index < -0.39 is 16.4 Å². The Morgan fingerprint density at radius 3 is 2.45 bits per heavy atom. The fourth-order valence-electron chi connectivity index (χ4n) is 0.348. The van der Waals surface area contributed by atoms with E-state index in [-0.39, 0.29) is 6.61 Å². The molecule has 0 heterocycles. The molecule has 1 unspecified atom stereocenters. The topological polar surface area (TPSA) is 38.3 Å². The second-order valence-corrected chi connectivity index (χ2v) is 3.24. The van der Waals surface area contributed by atoms with Crippen LogP contribution in [0.4, 0.5) is 4.79 Å². The van der Waals surface area contributed by atoms with E-state index in [4.69, 9.17) is 34.8 Å². The van der Waals surface area contributed by atoms with Crippen LogP contribution in [0, 0.1) is 0 Å². The van der Waals surface area contributed by atoms with Crippen molar-refractivity contribution in [3.05, 3.63) is 0 Å². The van der Waals surface area contributed by atoms with Crippen LogP contribution in [0.25, 0.3) is 0 Å². The molecule has 1 atom stereocenters. The summed E-state index contributed by atoms with van der Waals surface area (Å²) in [6.45, 7) is 1.96. The highest BCUT2D eigenvalue weighted by Crippen LogP contribution is 2.11. The molecular formula is C5H8Cl3NO2. The maximum absolute atomic E-state index is 10.6. The first-order valence-corrected chi connectivity index (χ1v) is 4.24. The SMILES string of the molecule is CCOC(=O)NC(Cl)C(Cl)Cl. The summed E-state index contributed by atoms with van der Waals surface area (Å²) in [5.74, 6) is 0. The lowest BCUT2D eigenvalue weighted by Crippen LogP contribution is -2.35. The molecule has 0 fully saturated rings. The van der Waals surface area contributed by atoms with Gasteiger partial charge in [0.05, 0.1) is 6.61 Å². The Morgan fingerprint density at radius 1 is 1.55 bits per heavy atom. The molecule has 0 aromatic heterocycles. The van der Waals surface area contributed by atoms with Crippen molar-refractivity contribution < 1.29 is 9.53 Å². The number of hydrogen-bond acceptors (Lipinski definition) is 2. The predicted octanol–water partition coefficient (Wildman–Crippen LogP) is 2.10. The molecule has 0 rings (SSSR count). The summed E-state index contributed by atoms with van der Waals surface area (Å²) in [5.41, 5.74) is -0.822. The van der Waals surface area contributed by atoms with E-state index in [1.54, 1.807) is 6.92 Å². The molecule has 0 aromatic carbocycles. The summed E-state index contributed by atoms with van der Waals surface area (Å²) in [4.78, 5) is 9.78. The fourth-order valence-corrected chi connectivity index (χ4v) is 0.563. The quantitative estimate of drug-likeness (QED) is 0.584. The summed E-state index contributed by atoms with van der Waals surface area (Å²) in [7, 11) is 0. The van der Waals surface area contributed by atoms with E-state index in [1.165, 1.54) is 0 Å². The van der Waals surface area contributed by atoms with Gasteiger partial charge in [0.2, 0.25) is 0 Å². The maximum Gasteiger partial charge on any atom is 0.408 e. The predicted molar refractivity (Wildman–Crippen MR) is 45.3 cm³/mol. The summed E-state index contributed by atoms with van der Waals surface area (Å²) in [6, 6.07) is 0. The number of alkyl halides is 3. The molecular weight excluding hydrogens is 212 g/mol. The number of rotatable bonds is 3. The van der Waals surface area contributed by atoms with Gasteiger partial charge in [-0.1, -0.05) is 11.6 Å². The van der Waals surface area contributed by atoms with Gasteiger partial charge in [-0.15, -0.1) is 23.2 Å². The minimum Gasteiger partial charge on any atom is -0.450 e. The maximum atomic E-state index is 10.6. The molecule has 6 heteroatoms. The third-order valence-corrected chi connectivity index (χ3v) is 1.88. The van der Waals surface area contributed by atoms with Crippen molar-refractivity contribution in [2.45, 2.75) is 17.3 Å². The Balaban J connectivity index is 3.57. The largest absolute Gasteiger partial charge is 0.450 e. The number of nitrogens with one attached hydrogen (secondary N) is 1. The van der Waals surface area contributed by atoms with Gasteiger partial charge in [-0.3, -0.25) is 0 Å². The molecule has 1 amide bonds. The van der Waals surface area contributed by atoms with Crippen molar-refractivity contribution in [2.24, 2.45) is 0 Å². The Labute approximate surface area is 79.9 Å². The van der Waals surface area contributed by atoms with Crippen molar-refractivity contribution in [1.82, 2.24) is 5.32 Å². The third kappa shape index (κ3) is 5.41. The van der Waals surface area contributed by atoms with E-state index in [1.807, 2.05) is 0 Å². The van der Waals surface area contributed by atoms with E-state index >= 15 is 0 Å². The Kier molecular flexibility index (Phi) is 5.82. The van der Waals surface area contributed by atoms with Crippen LogP contribution in [0.1, 0.15) is 6.92 Å². The minimum atomic E-state index is -0.846. The number of carbonyl (C=O) groups is 1. The van der Waals surface area contributed by atoms with Gasteiger partial charge in [-0.25, -0.2) is 4.79 Å². The zero-order valence-electron chi connectivity index (χ0n) is 5.81. The van der Waals surface area contributed by atoms with Gasteiger partial charge < -0.3 is 10.1 Å². The number of alkyl carbamates (subject to hydrolysis) is 1. The van der Waals surface area contributed by atoms with Crippen LogP contribution in [-0.4, -0.2) is 23.0 Å². The average molecular weight is 220 g/mol. The summed E-state index contributed by atoms with van der Waals surface area (Å²) in [6.07, 6.45) is -0.626. The van der Waals surface area contributed by atoms with Crippen LogP contribution >= 0.6 is 34.8 Å². The van der Waals surface area contributed by atoms with Crippen LogP contribution in [0.2, 0.25) is 0 Å². The number of halogens is 3.